The molecule has 106 valence electrons. The molecule has 2 unspecified atom stereocenters. The molecule has 0 amide bonds. The molecule has 5 heteroatoms. The number of aromatic nitrogens is 2. The first-order chi connectivity index (χ1) is 9.13. The van der Waals surface area contributed by atoms with E-state index >= 15 is 0 Å². The van der Waals surface area contributed by atoms with Crippen molar-refractivity contribution in [1.82, 2.24) is 9.97 Å². The molecule has 4 nitrogen and oxygen atoms in total. The van der Waals surface area contributed by atoms with Gasteiger partial charge in [-0.1, -0.05) is 32.4 Å². The molecule has 1 aromatic rings. The van der Waals surface area contributed by atoms with Gasteiger partial charge in [0.25, 0.3) is 0 Å². The zero-order valence-corrected chi connectivity index (χ0v) is 12.6. The van der Waals surface area contributed by atoms with Gasteiger partial charge < -0.3 is 10.1 Å². The zero-order valence-electron chi connectivity index (χ0n) is 11.8. The van der Waals surface area contributed by atoms with Gasteiger partial charge >= 0.3 is 0 Å². The van der Waals surface area contributed by atoms with Crippen molar-refractivity contribution in [2.24, 2.45) is 5.92 Å². The van der Waals surface area contributed by atoms with Gasteiger partial charge in [0.2, 0.25) is 0 Å². The third kappa shape index (κ3) is 3.37. The van der Waals surface area contributed by atoms with Crippen molar-refractivity contribution in [3.05, 3.63) is 17.0 Å². The number of anilines is 1. The molecule has 0 radical (unpaired) electrons. The van der Waals surface area contributed by atoms with Crippen molar-refractivity contribution < 1.29 is 4.74 Å². The maximum atomic E-state index is 6.16. The van der Waals surface area contributed by atoms with Gasteiger partial charge in [-0.3, -0.25) is 0 Å². The summed E-state index contributed by atoms with van der Waals surface area (Å²) in [5.74, 6) is 1.72. The lowest BCUT2D eigenvalue weighted by atomic mass is 9.99. The maximum absolute atomic E-state index is 6.16. The van der Waals surface area contributed by atoms with E-state index in [4.69, 9.17) is 16.3 Å². The van der Waals surface area contributed by atoms with Crippen LogP contribution in [0, 0.1) is 5.92 Å². The summed E-state index contributed by atoms with van der Waals surface area (Å²) in [5, 5.41) is 3.97. The summed E-state index contributed by atoms with van der Waals surface area (Å²) in [6.07, 6.45) is 4.06. The fraction of sp³-hybridized carbons (Fsp3) is 0.714. The number of rotatable bonds is 5. The van der Waals surface area contributed by atoms with E-state index < -0.39 is 0 Å². The Morgan fingerprint density at radius 1 is 1.47 bits per heavy atom. The summed E-state index contributed by atoms with van der Waals surface area (Å²) < 4.78 is 5.71. The number of halogens is 1. The number of nitrogens with one attached hydrogen (secondary N) is 1. The predicted octanol–water partition coefficient (Wildman–Crippen LogP) is 3.48. The summed E-state index contributed by atoms with van der Waals surface area (Å²) in [5.41, 5.74) is 0.996. The molecule has 1 N–H and O–H groups in total. The molecule has 0 spiro atoms. The molecule has 0 aliphatic carbocycles. The van der Waals surface area contributed by atoms with Crippen LogP contribution in [0.1, 0.15) is 45.1 Å². The lowest BCUT2D eigenvalue weighted by Crippen LogP contribution is -2.23. The monoisotopic (exact) mass is 283 g/mol. The van der Waals surface area contributed by atoms with Crippen molar-refractivity contribution in [3.8, 4) is 0 Å². The van der Waals surface area contributed by atoms with Crippen molar-refractivity contribution in [1.29, 1.82) is 0 Å². The van der Waals surface area contributed by atoms with Gasteiger partial charge in [0.15, 0.2) is 0 Å². The van der Waals surface area contributed by atoms with E-state index in [1.165, 1.54) is 6.33 Å². The van der Waals surface area contributed by atoms with Crippen LogP contribution in [0.3, 0.4) is 0 Å². The molecule has 1 fully saturated rings. The summed E-state index contributed by atoms with van der Waals surface area (Å²) in [4.78, 5) is 8.39. The Bertz CT molecular complexity index is 425. The van der Waals surface area contributed by atoms with E-state index in [-0.39, 0.29) is 0 Å². The van der Waals surface area contributed by atoms with Gasteiger partial charge in [-0.05, 0) is 18.8 Å². The normalized spacial score (nSPS) is 23.0. The molecule has 19 heavy (non-hydrogen) atoms. The quantitative estimate of drug-likeness (QED) is 0.841. The van der Waals surface area contributed by atoms with Gasteiger partial charge in [-0.25, -0.2) is 9.97 Å². The molecule has 0 bridgehead atoms. The second kappa shape index (κ2) is 6.53. The molecular formula is C14H22ClN3O. The van der Waals surface area contributed by atoms with Crippen LogP contribution < -0.4 is 5.32 Å². The van der Waals surface area contributed by atoms with Crippen LogP contribution in [0.25, 0.3) is 0 Å². The predicted molar refractivity (Wildman–Crippen MR) is 77.8 cm³/mol. The van der Waals surface area contributed by atoms with Crippen LogP contribution >= 0.6 is 11.6 Å². The molecule has 2 heterocycles. The van der Waals surface area contributed by atoms with Gasteiger partial charge in [0.05, 0.1) is 6.10 Å². The first-order valence-corrected chi connectivity index (χ1v) is 7.37. The Kier molecular flexibility index (Phi) is 4.99. The lowest BCUT2D eigenvalue weighted by Gasteiger charge is -2.19. The minimum atomic E-state index is 0.304. The van der Waals surface area contributed by atoms with Gasteiger partial charge in [0, 0.05) is 24.6 Å². The Hall–Kier alpha value is -0.870. The smallest absolute Gasteiger partial charge is 0.138 e. The van der Waals surface area contributed by atoms with E-state index in [9.17, 15) is 0 Å². The van der Waals surface area contributed by atoms with Gasteiger partial charge in [-0.15, -0.1) is 0 Å². The van der Waals surface area contributed by atoms with Crippen molar-refractivity contribution in [2.45, 2.75) is 45.6 Å². The van der Waals surface area contributed by atoms with E-state index in [0.717, 1.165) is 37.4 Å². The number of ether oxygens (including phenoxy) is 1. The minimum Gasteiger partial charge on any atom is -0.378 e. The zero-order chi connectivity index (χ0) is 13.8. The van der Waals surface area contributed by atoms with Crippen LogP contribution in [0.2, 0.25) is 5.15 Å². The number of nitrogens with zero attached hydrogens (tertiary/aromatic N) is 2. The third-order valence-electron chi connectivity index (χ3n) is 3.69. The Balaban J connectivity index is 2.05. The fourth-order valence-electron chi connectivity index (χ4n) is 2.63. The van der Waals surface area contributed by atoms with E-state index in [0.29, 0.717) is 23.1 Å². The fourth-order valence-corrected chi connectivity index (χ4v) is 2.98. The summed E-state index contributed by atoms with van der Waals surface area (Å²) in [7, 11) is 0. The molecule has 0 saturated carbocycles. The molecule has 2 atom stereocenters. The molecule has 1 aromatic heterocycles. The summed E-state index contributed by atoms with van der Waals surface area (Å²) in [6.45, 7) is 8.12. The van der Waals surface area contributed by atoms with Crippen LogP contribution in [0.4, 0.5) is 5.82 Å². The van der Waals surface area contributed by atoms with Crippen molar-refractivity contribution >= 4 is 17.4 Å². The average molecular weight is 284 g/mol. The standard InChI is InChI=1S/C14H22ClN3O/c1-4-11-10(5-6-19-11)7-16-14-12(9(2)3)13(15)17-8-18-14/h8-11H,4-7H2,1-3H3,(H,16,17,18). The van der Waals surface area contributed by atoms with Crippen LogP contribution in [0.5, 0.6) is 0 Å². The van der Waals surface area contributed by atoms with Gasteiger partial charge in [-0.2, -0.15) is 0 Å². The Morgan fingerprint density at radius 3 is 2.95 bits per heavy atom. The summed E-state index contributed by atoms with van der Waals surface area (Å²) in [6, 6.07) is 0. The molecule has 2 rings (SSSR count). The van der Waals surface area contributed by atoms with Crippen LogP contribution in [0.15, 0.2) is 6.33 Å². The Labute approximate surface area is 119 Å². The van der Waals surface area contributed by atoms with Crippen molar-refractivity contribution in [2.75, 3.05) is 18.5 Å². The topological polar surface area (TPSA) is 47.0 Å². The van der Waals surface area contributed by atoms with E-state index in [2.05, 4.69) is 36.1 Å². The maximum Gasteiger partial charge on any atom is 0.138 e. The van der Waals surface area contributed by atoms with Crippen molar-refractivity contribution in [3.63, 3.8) is 0 Å². The number of hydrogen-bond donors (Lipinski definition) is 1. The molecule has 0 aromatic carbocycles. The second-order valence-electron chi connectivity index (χ2n) is 5.33. The van der Waals surface area contributed by atoms with Crippen LogP contribution in [-0.2, 0) is 4.74 Å². The lowest BCUT2D eigenvalue weighted by molar-refractivity contribution is 0.0900. The Morgan fingerprint density at radius 2 is 2.26 bits per heavy atom. The largest absolute Gasteiger partial charge is 0.378 e. The minimum absolute atomic E-state index is 0.304. The number of hydrogen-bond acceptors (Lipinski definition) is 4. The SMILES string of the molecule is CCC1OCCC1CNc1ncnc(Cl)c1C(C)C. The van der Waals surface area contributed by atoms with Gasteiger partial charge in [0.1, 0.15) is 17.3 Å². The average Bonchev–Trinajstić information content (AvgIpc) is 2.83. The highest BCUT2D eigenvalue weighted by Gasteiger charge is 2.26. The summed E-state index contributed by atoms with van der Waals surface area (Å²) >= 11 is 6.16. The second-order valence-corrected chi connectivity index (χ2v) is 5.69. The molecular weight excluding hydrogens is 262 g/mol. The highest BCUT2D eigenvalue weighted by atomic mass is 35.5. The highest BCUT2D eigenvalue weighted by molar-refractivity contribution is 6.30. The van der Waals surface area contributed by atoms with Crippen LogP contribution in [-0.4, -0.2) is 29.2 Å². The first kappa shape index (κ1) is 14.5. The third-order valence-corrected chi connectivity index (χ3v) is 3.99. The molecule has 1 aliphatic rings. The van der Waals surface area contributed by atoms with E-state index in [1.54, 1.807) is 0 Å². The molecule has 1 saturated heterocycles. The van der Waals surface area contributed by atoms with E-state index in [1.807, 2.05) is 0 Å². The highest BCUT2D eigenvalue weighted by Crippen LogP contribution is 2.29. The first-order valence-electron chi connectivity index (χ1n) is 6.99. The molecule has 1 aliphatic heterocycles.